The van der Waals surface area contributed by atoms with Crippen LogP contribution in [0.25, 0.3) is 44.5 Å². The van der Waals surface area contributed by atoms with E-state index in [4.69, 9.17) is 4.74 Å². The van der Waals surface area contributed by atoms with Crippen molar-refractivity contribution in [2.24, 2.45) is 5.92 Å². The third kappa shape index (κ3) is 7.15. The third-order valence-electron chi connectivity index (χ3n) is 17.6. The molecule has 0 fully saturated rings. The number of hydrogen-bond donors (Lipinski definition) is 0. The van der Waals surface area contributed by atoms with Gasteiger partial charge < -0.3 is 9.64 Å². The van der Waals surface area contributed by atoms with Crippen LogP contribution in [0.15, 0.2) is 261 Å². The van der Waals surface area contributed by atoms with Crippen LogP contribution in [0.5, 0.6) is 5.75 Å². The fourth-order valence-electron chi connectivity index (χ4n) is 13.8. The first-order valence-electron chi connectivity index (χ1n) is 27.8. The molecule has 0 amide bonds. The zero-order valence-corrected chi connectivity index (χ0v) is 45.3. The normalized spacial score (nSPS) is 16.8. The average Bonchev–Trinajstić information content (AvgIpc) is 3.84. The Kier molecular flexibility index (Phi) is 11.0. The highest BCUT2D eigenvalue weighted by atomic mass is 16.5. The van der Waals surface area contributed by atoms with E-state index in [-0.39, 0.29) is 22.9 Å². The Labute approximate surface area is 460 Å². The molecule has 0 radical (unpaired) electrons. The number of fused-ring (bicyclic) bond motifs is 12. The lowest BCUT2D eigenvalue weighted by molar-refractivity contribution is 0.142. The quantitative estimate of drug-likeness (QED) is 0.158. The van der Waals surface area contributed by atoms with Crippen molar-refractivity contribution in [1.82, 2.24) is 0 Å². The first-order valence-corrected chi connectivity index (χ1v) is 27.8. The Morgan fingerprint density at radius 2 is 0.859 bits per heavy atom. The molecule has 78 heavy (non-hydrogen) atoms. The molecule has 2 nitrogen and oxygen atoms in total. The van der Waals surface area contributed by atoms with Gasteiger partial charge in [-0.2, -0.15) is 0 Å². The van der Waals surface area contributed by atoms with E-state index >= 15 is 0 Å². The third-order valence-corrected chi connectivity index (χ3v) is 17.6. The Morgan fingerprint density at radius 1 is 0.372 bits per heavy atom. The topological polar surface area (TPSA) is 12.5 Å². The predicted octanol–water partition coefficient (Wildman–Crippen LogP) is 19.3. The monoisotopic (exact) mass is 1010 g/mol. The minimum atomic E-state index is -0.598. The van der Waals surface area contributed by atoms with E-state index in [1.54, 1.807) is 0 Å². The van der Waals surface area contributed by atoms with Crippen LogP contribution in [0.1, 0.15) is 91.6 Å². The smallest absolute Gasteiger partial charge is 0.148 e. The van der Waals surface area contributed by atoms with Crippen LogP contribution >= 0.6 is 0 Å². The van der Waals surface area contributed by atoms with Crippen LogP contribution in [0.4, 0.5) is 17.1 Å². The highest BCUT2D eigenvalue weighted by Crippen LogP contribution is 2.65. The number of rotatable bonds is 7. The molecular formula is C76H63NO. The van der Waals surface area contributed by atoms with Crippen molar-refractivity contribution in [1.29, 1.82) is 0 Å². The van der Waals surface area contributed by atoms with Gasteiger partial charge in [-0.25, -0.2) is 0 Å². The van der Waals surface area contributed by atoms with E-state index in [0.717, 1.165) is 33.9 Å². The molecule has 1 spiro atoms. The van der Waals surface area contributed by atoms with E-state index in [9.17, 15) is 0 Å². The van der Waals surface area contributed by atoms with Gasteiger partial charge >= 0.3 is 0 Å². The molecule has 4 aliphatic rings. The zero-order valence-electron chi connectivity index (χ0n) is 45.3. The first kappa shape index (κ1) is 47.7. The summed E-state index contributed by atoms with van der Waals surface area (Å²) in [6.07, 6.45) is 8.93. The van der Waals surface area contributed by atoms with E-state index in [2.05, 4.69) is 307 Å². The van der Waals surface area contributed by atoms with Crippen LogP contribution < -0.4 is 9.64 Å². The largest absolute Gasteiger partial charge is 0.483 e. The molecule has 0 bridgehead atoms. The van der Waals surface area contributed by atoms with Crippen molar-refractivity contribution < 1.29 is 4.74 Å². The van der Waals surface area contributed by atoms with Gasteiger partial charge in [0.05, 0.1) is 22.2 Å². The van der Waals surface area contributed by atoms with Gasteiger partial charge in [-0.1, -0.05) is 272 Å². The molecule has 0 saturated carbocycles. The van der Waals surface area contributed by atoms with Crippen molar-refractivity contribution in [2.45, 2.75) is 69.3 Å². The summed E-state index contributed by atoms with van der Waals surface area (Å²) in [5.41, 5.74) is 23.1. The Hall–Kier alpha value is -8.72. The van der Waals surface area contributed by atoms with E-state index in [0.29, 0.717) is 0 Å². The van der Waals surface area contributed by atoms with Crippen LogP contribution in [0, 0.1) is 5.92 Å². The number of ether oxygens (including phenoxy) is 1. The Morgan fingerprint density at radius 3 is 1.50 bits per heavy atom. The number of anilines is 3. The lowest BCUT2D eigenvalue weighted by Crippen LogP contribution is -2.48. The van der Waals surface area contributed by atoms with Crippen LogP contribution in [-0.2, 0) is 21.7 Å². The van der Waals surface area contributed by atoms with Gasteiger partial charge in [0.1, 0.15) is 11.9 Å². The number of hydrogen-bond acceptors (Lipinski definition) is 2. The highest BCUT2D eigenvalue weighted by Gasteiger charge is 2.57. The molecule has 0 saturated heterocycles. The summed E-state index contributed by atoms with van der Waals surface area (Å²) in [6, 6.07) is 89.0. The maximum Gasteiger partial charge on any atom is 0.148 e. The van der Waals surface area contributed by atoms with Gasteiger partial charge in [0.25, 0.3) is 0 Å². The number of allylic oxidation sites excluding steroid dienone is 2. The predicted molar refractivity (Wildman–Crippen MR) is 325 cm³/mol. The first-order chi connectivity index (χ1) is 38.0. The standard InChI is InChI=1S/C76H63NO/c1-73(2,3)55-41-44-60-61-45-42-56(74(4,5)6)48-67(61)76(66(60)47-55)64-32-19-21-36-71(64)78-72-65(76)33-22-35-70(72)77(69-34-20-17-29-58(69)52-39-37-51(38-40-52)50-23-10-7-11-24-50)57-43-46-62-59-30-16-18-31-63(59)75(68(62)49-57,53-25-12-8-13-26-53)54-27-14-9-15-28-54/h7-49,64,71H,1-6H3. The van der Waals surface area contributed by atoms with Crippen molar-refractivity contribution in [3.05, 3.63) is 311 Å². The second kappa shape index (κ2) is 17.9. The average molecular weight is 1010 g/mol. The maximum atomic E-state index is 7.76. The van der Waals surface area contributed by atoms with Crippen molar-refractivity contribution >= 4 is 17.1 Å². The van der Waals surface area contributed by atoms with Gasteiger partial charge in [-0.15, -0.1) is 0 Å². The van der Waals surface area contributed by atoms with Gasteiger partial charge in [0, 0.05) is 22.7 Å². The van der Waals surface area contributed by atoms with Crippen LogP contribution in [0.3, 0.4) is 0 Å². The molecule has 10 aromatic rings. The highest BCUT2D eigenvalue weighted by molar-refractivity contribution is 5.95. The Balaban J connectivity index is 1.07. The minimum absolute atomic E-state index is 0.0181. The van der Waals surface area contributed by atoms with Gasteiger partial charge in [0.15, 0.2) is 0 Å². The summed E-state index contributed by atoms with van der Waals surface area (Å²) >= 11 is 0. The molecule has 1 aliphatic heterocycles. The van der Waals surface area contributed by atoms with Gasteiger partial charge in [0.2, 0.25) is 0 Å². The molecule has 2 heteroatoms. The summed E-state index contributed by atoms with van der Waals surface area (Å²) in [4.78, 5) is 2.52. The summed E-state index contributed by atoms with van der Waals surface area (Å²) in [5, 5.41) is 0. The number of benzene rings is 10. The van der Waals surface area contributed by atoms with Crippen molar-refractivity contribution in [3.63, 3.8) is 0 Å². The SMILES string of the molecule is CC(C)(C)c1ccc2c(c1)C1(c3cc(C(C)(C)C)ccc3-2)c2cccc(N(c3ccc4c(c3)C(c3ccccc3)(c3ccccc3)c3ccccc3-4)c3ccccc3-c3ccc(-c4ccccc4)cc3)c2OC2C=CC=CC21. The molecule has 10 aromatic carbocycles. The number of para-hydroxylation sites is 2. The fraction of sp³-hybridized carbons (Fsp3) is 0.158. The molecule has 0 N–H and O–H groups in total. The summed E-state index contributed by atoms with van der Waals surface area (Å²) in [5.74, 6) is 0.880. The molecule has 2 unspecified atom stereocenters. The minimum Gasteiger partial charge on any atom is -0.483 e. The van der Waals surface area contributed by atoms with Crippen molar-refractivity contribution in [2.75, 3.05) is 4.90 Å². The van der Waals surface area contributed by atoms with Crippen LogP contribution in [-0.4, -0.2) is 6.10 Å². The van der Waals surface area contributed by atoms with Crippen LogP contribution in [0.2, 0.25) is 0 Å². The zero-order chi connectivity index (χ0) is 53.0. The maximum absolute atomic E-state index is 7.76. The second-order valence-corrected chi connectivity index (χ2v) is 23.9. The fourth-order valence-corrected chi connectivity index (χ4v) is 13.8. The molecule has 378 valence electrons. The van der Waals surface area contributed by atoms with Gasteiger partial charge in [-0.05, 0) is 125 Å². The van der Waals surface area contributed by atoms with Gasteiger partial charge in [-0.3, -0.25) is 0 Å². The molecule has 14 rings (SSSR count). The molecule has 2 atom stereocenters. The molecule has 0 aromatic heterocycles. The molecular weight excluding hydrogens is 943 g/mol. The molecule has 1 heterocycles. The number of nitrogens with zero attached hydrogens (tertiary/aromatic N) is 1. The lowest BCUT2D eigenvalue weighted by atomic mass is 9.59. The van der Waals surface area contributed by atoms with E-state index < -0.39 is 10.8 Å². The van der Waals surface area contributed by atoms with E-state index in [1.807, 2.05) is 0 Å². The molecule has 3 aliphatic carbocycles. The van der Waals surface area contributed by atoms with E-state index in [1.165, 1.54) is 83.5 Å². The summed E-state index contributed by atoms with van der Waals surface area (Å²) in [6.45, 7) is 14.0. The van der Waals surface area contributed by atoms with Crippen molar-refractivity contribution in [3.8, 4) is 50.3 Å². The Bertz CT molecular complexity index is 3920. The second-order valence-electron chi connectivity index (χ2n) is 23.9. The summed E-state index contributed by atoms with van der Waals surface area (Å²) in [7, 11) is 0. The summed E-state index contributed by atoms with van der Waals surface area (Å²) < 4.78 is 7.76. The lowest BCUT2D eigenvalue weighted by Gasteiger charge is -2.48.